The van der Waals surface area contributed by atoms with Crippen molar-refractivity contribution in [3.8, 4) is 0 Å². The van der Waals surface area contributed by atoms with E-state index in [9.17, 15) is 9.18 Å². The Bertz CT molecular complexity index is 700. The molecular weight excluding hydrogens is 335 g/mol. The molecule has 1 aliphatic rings. The van der Waals surface area contributed by atoms with Gasteiger partial charge in [-0.3, -0.25) is 4.79 Å². The van der Waals surface area contributed by atoms with Crippen molar-refractivity contribution in [3.05, 3.63) is 52.3 Å². The molecule has 5 heteroatoms. The number of hydrogen-bond donors (Lipinski definition) is 1. The third kappa shape index (κ3) is 2.78. The van der Waals surface area contributed by atoms with Gasteiger partial charge in [-0.1, -0.05) is 17.7 Å². The number of carbonyl (C=O) groups excluding carboxylic acids is 1. The Hall–Kier alpha value is -1.88. The number of benzene rings is 2. The Morgan fingerprint density at radius 2 is 1.95 bits per heavy atom. The zero-order chi connectivity index (χ0) is 15.0. The van der Waals surface area contributed by atoms with Crippen molar-refractivity contribution in [1.82, 2.24) is 0 Å². The molecule has 0 aliphatic carbocycles. The van der Waals surface area contributed by atoms with Crippen molar-refractivity contribution >= 4 is 38.9 Å². The minimum Gasteiger partial charge on any atom is -0.339 e. The van der Waals surface area contributed by atoms with E-state index in [1.165, 1.54) is 6.07 Å². The average Bonchev–Trinajstić information content (AvgIpc) is 2.60. The monoisotopic (exact) mass is 348 g/mol. The van der Waals surface area contributed by atoms with Crippen molar-refractivity contribution in [2.24, 2.45) is 0 Å². The number of anilines is 3. The first kappa shape index (κ1) is 14.1. The maximum Gasteiger partial charge on any atom is 0.226 e. The molecule has 0 bridgehead atoms. The molecule has 2 aromatic carbocycles. The van der Waals surface area contributed by atoms with E-state index >= 15 is 0 Å². The maximum absolute atomic E-state index is 13.9. The van der Waals surface area contributed by atoms with Gasteiger partial charge < -0.3 is 10.2 Å². The van der Waals surface area contributed by atoms with E-state index in [0.717, 1.165) is 11.3 Å². The van der Waals surface area contributed by atoms with E-state index in [2.05, 4.69) is 21.2 Å². The highest BCUT2D eigenvalue weighted by Crippen LogP contribution is 2.37. The molecule has 0 radical (unpaired) electrons. The lowest BCUT2D eigenvalue weighted by molar-refractivity contribution is -0.115. The Balaban J connectivity index is 2.12. The van der Waals surface area contributed by atoms with Crippen LogP contribution in [0.1, 0.15) is 12.0 Å². The zero-order valence-corrected chi connectivity index (χ0v) is 13.1. The second-order valence-corrected chi connectivity index (χ2v) is 5.92. The molecule has 3 rings (SSSR count). The molecule has 1 aliphatic heterocycles. The average molecular weight is 349 g/mol. The van der Waals surface area contributed by atoms with Gasteiger partial charge in [0.15, 0.2) is 0 Å². The highest BCUT2D eigenvalue weighted by molar-refractivity contribution is 9.10. The van der Waals surface area contributed by atoms with E-state index in [1.807, 2.05) is 36.1 Å². The van der Waals surface area contributed by atoms with Crippen LogP contribution in [0.4, 0.5) is 21.5 Å². The lowest BCUT2D eigenvalue weighted by Gasteiger charge is -2.24. The molecule has 1 amide bonds. The van der Waals surface area contributed by atoms with Crippen molar-refractivity contribution in [2.75, 3.05) is 16.8 Å². The number of aryl methyl sites for hydroxylation is 1. The fraction of sp³-hybridized carbons (Fsp3) is 0.188. The van der Waals surface area contributed by atoms with E-state index in [4.69, 9.17) is 0 Å². The van der Waals surface area contributed by atoms with Crippen LogP contribution in [-0.4, -0.2) is 12.5 Å². The van der Waals surface area contributed by atoms with Crippen LogP contribution in [0.5, 0.6) is 0 Å². The molecule has 0 fully saturated rings. The summed E-state index contributed by atoms with van der Waals surface area (Å²) in [6.07, 6.45) is 0.363. The van der Waals surface area contributed by atoms with Crippen molar-refractivity contribution in [1.29, 1.82) is 0 Å². The van der Waals surface area contributed by atoms with Gasteiger partial charge in [0.05, 0.1) is 15.8 Å². The van der Waals surface area contributed by atoms with Crippen LogP contribution < -0.4 is 10.2 Å². The van der Waals surface area contributed by atoms with Crippen LogP contribution >= 0.6 is 15.9 Å². The van der Waals surface area contributed by atoms with E-state index in [-0.39, 0.29) is 11.7 Å². The maximum atomic E-state index is 13.9. The largest absolute Gasteiger partial charge is 0.339 e. The van der Waals surface area contributed by atoms with Gasteiger partial charge in [-0.15, -0.1) is 0 Å². The molecular formula is C16H14BrFN2O. The summed E-state index contributed by atoms with van der Waals surface area (Å²) in [4.78, 5) is 13.8. The molecule has 0 unspecified atom stereocenters. The number of halogens is 2. The molecule has 0 saturated heterocycles. The summed E-state index contributed by atoms with van der Waals surface area (Å²) in [7, 11) is 0. The highest BCUT2D eigenvalue weighted by Gasteiger charge is 2.22. The van der Waals surface area contributed by atoms with Gasteiger partial charge in [-0.2, -0.15) is 0 Å². The molecule has 0 saturated carbocycles. The molecule has 1 heterocycles. The highest BCUT2D eigenvalue weighted by atomic mass is 79.9. The summed E-state index contributed by atoms with van der Waals surface area (Å²) in [6.45, 7) is 2.53. The van der Waals surface area contributed by atoms with E-state index < -0.39 is 0 Å². The first-order chi connectivity index (χ1) is 10.0. The Kier molecular flexibility index (Phi) is 3.68. The second-order valence-electron chi connectivity index (χ2n) is 5.07. The number of fused-ring (bicyclic) bond motifs is 1. The van der Waals surface area contributed by atoms with Crippen molar-refractivity contribution in [3.63, 3.8) is 0 Å². The quantitative estimate of drug-likeness (QED) is 0.829. The molecule has 21 heavy (non-hydrogen) atoms. The van der Waals surface area contributed by atoms with Crippen LogP contribution in [0, 0.1) is 12.7 Å². The van der Waals surface area contributed by atoms with Crippen LogP contribution in [-0.2, 0) is 4.79 Å². The summed E-state index contributed by atoms with van der Waals surface area (Å²) in [5.74, 6) is -0.411. The van der Waals surface area contributed by atoms with E-state index in [1.54, 1.807) is 6.07 Å². The number of nitrogens with zero attached hydrogens (tertiary/aromatic N) is 1. The molecule has 1 N–H and O–H groups in total. The number of carbonyl (C=O) groups is 1. The molecule has 0 spiro atoms. The van der Waals surface area contributed by atoms with Crippen molar-refractivity contribution in [2.45, 2.75) is 13.3 Å². The topological polar surface area (TPSA) is 32.3 Å². The molecule has 3 nitrogen and oxygen atoms in total. The summed E-state index contributed by atoms with van der Waals surface area (Å²) in [5, 5.41) is 2.82. The van der Waals surface area contributed by atoms with Crippen LogP contribution in [0.3, 0.4) is 0 Å². The first-order valence-corrected chi connectivity index (χ1v) is 7.47. The minimum absolute atomic E-state index is 0.0654. The number of hydrogen-bond acceptors (Lipinski definition) is 2. The van der Waals surface area contributed by atoms with Gasteiger partial charge >= 0.3 is 0 Å². The Labute approximate surface area is 130 Å². The predicted molar refractivity (Wildman–Crippen MR) is 85.5 cm³/mol. The van der Waals surface area contributed by atoms with Crippen LogP contribution in [0.2, 0.25) is 0 Å². The lowest BCUT2D eigenvalue weighted by Crippen LogP contribution is -2.19. The summed E-state index contributed by atoms with van der Waals surface area (Å²) in [6, 6.07) is 11.0. The molecule has 108 valence electrons. The Morgan fingerprint density at radius 3 is 2.67 bits per heavy atom. The number of rotatable bonds is 1. The molecule has 0 atom stereocenters. The van der Waals surface area contributed by atoms with Crippen LogP contribution in [0.15, 0.2) is 40.9 Å². The third-order valence-electron chi connectivity index (χ3n) is 3.51. The summed E-state index contributed by atoms with van der Waals surface area (Å²) < 4.78 is 14.2. The number of amides is 1. The first-order valence-electron chi connectivity index (χ1n) is 6.68. The summed E-state index contributed by atoms with van der Waals surface area (Å²) in [5.41, 5.74) is 3.39. The third-order valence-corrected chi connectivity index (χ3v) is 4.12. The second kappa shape index (κ2) is 5.48. The SMILES string of the molecule is Cc1ccc(N2CCC(=O)Nc3cc(Br)c(F)cc32)cc1. The van der Waals surface area contributed by atoms with Gasteiger partial charge in [0, 0.05) is 24.7 Å². The fourth-order valence-electron chi connectivity index (χ4n) is 2.40. The fourth-order valence-corrected chi connectivity index (χ4v) is 2.74. The smallest absolute Gasteiger partial charge is 0.226 e. The molecule has 0 aromatic heterocycles. The zero-order valence-electron chi connectivity index (χ0n) is 11.5. The Morgan fingerprint density at radius 1 is 1.24 bits per heavy atom. The van der Waals surface area contributed by atoms with Gasteiger partial charge in [-0.05, 0) is 41.1 Å². The standard InChI is InChI=1S/C16H14BrFN2O/c1-10-2-4-11(5-3-10)20-7-6-16(21)19-14-8-12(17)13(18)9-15(14)20/h2-5,8-9H,6-7H2,1H3,(H,19,21). The van der Waals surface area contributed by atoms with Gasteiger partial charge in [0.2, 0.25) is 5.91 Å². The van der Waals surface area contributed by atoms with E-state index in [0.29, 0.717) is 28.8 Å². The van der Waals surface area contributed by atoms with Crippen LogP contribution in [0.25, 0.3) is 0 Å². The van der Waals surface area contributed by atoms with Gasteiger partial charge in [0.25, 0.3) is 0 Å². The van der Waals surface area contributed by atoms with Crippen molar-refractivity contribution < 1.29 is 9.18 Å². The summed E-state index contributed by atoms with van der Waals surface area (Å²) >= 11 is 3.16. The normalized spacial score (nSPS) is 14.4. The minimum atomic E-state index is -0.345. The van der Waals surface area contributed by atoms with Gasteiger partial charge in [-0.25, -0.2) is 4.39 Å². The number of nitrogens with one attached hydrogen (secondary N) is 1. The molecule has 2 aromatic rings. The lowest BCUT2D eigenvalue weighted by atomic mass is 10.1. The predicted octanol–water partition coefficient (Wildman–Crippen LogP) is 4.38. The van der Waals surface area contributed by atoms with Gasteiger partial charge in [0.1, 0.15) is 5.82 Å².